The van der Waals surface area contributed by atoms with Crippen molar-refractivity contribution in [3.63, 3.8) is 0 Å². The van der Waals surface area contributed by atoms with Gasteiger partial charge in [0.25, 0.3) is 0 Å². The van der Waals surface area contributed by atoms with Gasteiger partial charge in [-0.05, 0) is 41.9 Å². The monoisotopic (exact) mass is 310 g/mol. The molecule has 1 aromatic carbocycles. The van der Waals surface area contributed by atoms with Gasteiger partial charge in [-0.25, -0.2) is 4.98 Å². The van der Waals surface area contributed by atoms with Crippen LogP contribution < -0.4 is 4.74 Å². The van der Waals surface area contributed by atoms with Crippen molar-refractivity contribution in [1.82, 2.24) is 9.55 Å². The van der Waals surface area contributed by atoms with Gasteiger partial charge in [-0.15, -0.1) is 0 Å². The van der Waals surface area contributed by atoms with E-state index in [2.05, 4.69) is 34.8 Å². The highest BCUT2D eigenvalue weighted by molar-refractivity contribution is 9.10. The van der Waals surface area contributed by atoms with Crippen molar-refractivity contribution in [1.29, 1.82) is 0 Å². The van der Waals surface area contributed by atoms with Gasteiger partial charge in [0.15, 0.2) is 0 Å². The van der Waals surface area contributed by atoms with E-state index in [0.29, 0.717) is 18.4 Å². The highest BCUT2D eigenvalue weighted by Gasteiger charge is 2.09. The first kappa shape index (κ1) is 13.0. The van der Waals surface area contributed by atoms with Crippen LogP contribution in [0.4, 0.5) is 0 Å². The summed E-state index contributed by atoms with van der Waals surface area (Å²) in [7, 11) is 0. The molecule has 1 N–H and O–H groups in total. The minimum Gasteiger partial charge on any atom is -0.508 e. The van der Waals surface area contributed by atoms with Gasteiger partial charge in [0, 0.05) is 18.3 Å². The van der Waals surface area contributed by atoms with Crippen molar-refractivity contribution in [2.75, 3.05) is 0 Å². The standard InChI is InChI=1S/C13H15BrN2O2/c1-9(2)16-7-12(14)15-13(16)8-18-11-5-3-4-10(17)6-11/h3-7,9,17H,8H2,1-2H3. The van der Waals surface area contributed by atoms with E-state index >= 15 is 0 Å². The summed E-state index contributed by atoms with van der Waals surface area (Å²) in [5.41, 5.74) is 0. The third-order valence-corrected chi connectivity index (χ3v) is 2.90. The Morgan fingerprint density at radius 2 is 2.22 bits per heavy atom. The highest BCUT2D eigenvalue weighted by atomic mass is 79.9. The Morgan fingerprint density at radius 1 is 1.44 bits per heavy atom. The predicted molar refractivity (Wildman–Crippen MR) is 72.8 cm³/mol. The Bertz CT molecular complexity index is 538. The zero-order valence-electron chi connectivity index (χ0n) is 10.3. The lowest BCUT2D eigenvalue weighted by Gasteiger charge is -2.12. The fourth-order valence-corrected chi connectivity index (χ4v) is 2.10. The van der Waals surface area contributed by atoms with E-state index in [1.807, 2.05) is 10.8 Å². The molecular weight excluding hydrogens is 296 g/mol. The van der Waals surface area contributed by atoms with Crippen LogP contribution in [0.2, 0.25) is 0 Å². The second-order valence-corrected chi connectivity index (χ2v) is 5.08. The Hall–Kier alpha value is -1.49. The normalized spacial score (nSPS) is 10.9. The molecule has 0 spiro atoms. The van der Waals surface area contributed by atoms with Crippen molar-refractivity contribution in [3.8, 4) is 11.5 Å². The highest BCUT2D eigenvalue weighted by Crippen LogP contribution is 2.20. The third-order valence-electron chi connectivity index (χ3n) is 2.52. The largest absolute Gasteiger partial charge is 0.508 e. The predicted octanol–water partition coefficient (Wildman–Crippen LogP) is 3.51. The SMILES string of the molecule is CC(C)n1cc(Br)nc1COc1cccc(O)c1. The summed E-state index contributed by atoms with van der Waals surface area (Å²) in [5.74, 6) is 1.67. The fourth-order valence-electron chi connectivity index (χ4n) is 1.67. The van der Waals surface area contributed by atoms with Crippen molar-refractivity contribution >= 4 is 15.9 Å². The first-order valence-electron chi connectivity index (χ1n) is 5.71. The average molecular weight is 311 g/mol. The van der Waals surface area contributed by atoms with Gasteiger partial charge >= 0.3 is 0 Å². The molecule has 5 heteroatoms. The quantitative estimate of drug-likeness (QED) is 0.940. The van der Waals surface area contributed by atoms with E-state index in [1.54, 1.807) is 24.3 Å². The molecule has 0 fully saturated rings. The second kappa shape index (κ2) is 5.44. The Labute approximate surface area is 114 Å². The van der Waals surface area contributed by atoms with E-state index in [9.17, 15) is 5.11 Å². The lowest BCUT2D eigenvalue weighted by atomic mass is 10.3. The molecule has 1 heterocycles. The van der Waals surface area contributed by atoms with Gasteiger partial charge in [0.05, 0.1) is 0 Å². The topological polar surface area (TPSA) is 47.3 Å². The Balaban J connectivity index is 2.10. The van der Waals surface area contributed by atoms with Crippen LogP contribution in [0.3, 0.4) is 0 Å². The van der Waals surface area contributed by atoms with Crippen LogP contribution in [0.25, 0.3) is 0 Å². The second-order valence-electron chi connectivity index (χ2n) is 4.27. The lowest BCUT2D eigenvalue weighted by Crippen LogP contribution is -2.08. The van der Waals surface area contributed by atoms with Gasteiger partial charge in [-0.2, -0.15) is 0 Å². The minimum atomic E-state index is 0.195. The van der Waals surface area contributed by atoms with Gasteiger partial charge in [0.1, 0.15) is 28.5 Å². The van der Waals surface area contributed by atoms with E-state index in [1.165, 1.54) is 0 Å². The maximum atomic E-state index is 9.35. The maximum absolute atomic E-state index is 9.35. The van der Waals surface area contributed by atoms with E-state index in [4.69, 9.17) is 4.74 Å². The number of ether oxygens (including phenoxy) is 1. The van der Waals surface area contributed by atoms with Crippen molar-refractivity contribution < 1.29 is 9.84 Å². The number of halogens is 1. The molecule has 0 aliphatic carbocycles. The number of phenolic OH excluding ortho intramolecular Hbond substituents is 1. The minimum absolute atomic E-state index is 0.195. The molecule has 96 valence electrons. The van der Waals surface area contributed by atoms with Crippen LogP contribution in [0.5, 0.6) is 11.5 Å². The first-order chi connectivity index (χ1) is 8.56. The number of imidazole rings is 1. The van der Waals surface area contributed by atoms with Crippen LogP contribution in [0, 0.1) is 0 Å². The Morgan fingerprint density at radius 3 is 2.89 bits per heavy atom. The molecule has 0 aliphatic rings. The molecule has 2 rings (SSSR count). The Kier molecular flexibility index (Phi) is 3.91. The van der Waals surface area contributed by atoms with Gasteiger partial charge in [0.2, 0.25) is 0 Å². The smallest absolute Gasteiger partial charge is 0.148 e. The van der Waals surface area contributed by atoms with Crippen LogP contribution >= 0.6 is 15.9 Å². The summed E-state index contributed by atoms with van der Waals surface area (Å²) in [4.78, 5) is 4.36. The van der Waals surface area contributed by atoms with E-state index in [-0.39, 0.29) is 5.75 Å². The average Bonchev–Trinajstić information content (AvgIpc) is 2.68. The molecule has 0 amide bonds. The maximum Gasteiger partial charge on any atom is 0.148 e. The summed E-state index contributed by atoms with van der Waals surface area (Å²) in [6.45, 7) is 4.55. The number of benzene rings is 1. The van der Waals surface area contributed by atoms with Crippen LogP contribution in [0.15, 0.2) is 35.1 Å². The molecule has 0 unspecified atom stereocenters. The lowest BCUT2D eigenvalue weighted by molar-refractivity contribution is 0.285. The fraction of sp³-hybridized carbons (Fsp3) is 0.308. The third kappa shape index (κ3) is 3.04. The number of phenols is 1. The van der Waals surface area contributed by atoms with Crippen molar-refractivity contribution in [2.45, 2.75) is 26.5 Å². The molecule has 0 saturated heterocycles. The molecule has 0 bridgehead atoms. The van der Waals surface area contributed by atoms with Gasteiger partial charge in [-0.1, -0.05) is 6.07 Å². The molecule has 2 aromatic rings. The molecular formula is C13H15BrN2O2. The molecule has 0 radical (unpaired) electrons. The van der Waals surface area contributed by atoms with E-state index < -0.39 is 0 Å². The van der Waals surface area contributed by atoms with Crippen LogP contribution in [-0.4, -0.2) is 14.7 Å². The summed E-state index contributed by atoms with van der Waals surface area (Å²) in [5, 5.41) is 9.35. The van der Waals surface area contributed by atoms with Crippen LogP contribution in [0.1, 0.15) is 25.7 Å². The summed E-state index contributed by atoms with van der Waals surface area (Å²) in [6.07, 6.45) is 1.94. The van der Waals surface area contributed by atoms with E-state index in [0.717, 1.165) is 10.4 Å². The zero-order valence-corrected chi connectivity index (χ0v) is 11.9. The summed E-state index contributed by atoms with van der Waals surface area (Å²) >= 11 is 3.36. The van der Waals surface area contributed by atoms with Crippen molar-refractivity contribution in [2.24, 2.45) is 0 Å². The van der Waals surface area contributed by atoms with Crippen molar-refractivity contribution in [3.05, 3.63) is 40.9 Å². The molecule has 0 atom stereocenters. The first-order valence-corrected chi connectivity index (χ1v) is 6.50. The molecule has 4 nitrogen and oxygen atoms in total. The number of rotatable bonds is 4. The zero-order chi connectivity index (χ0) is 13.1. The number of hydrogen-bond donors (Lipinski definition) is 1. The molecule has 18 heavy (non-hydrogen) atoms. The van der Waals surface area contributed by atoms with Crippen LogP contribution in [-0.2, 0) is 6.61 Å². The number of aromatic nitrogens is 2. The number of nitrogens with zero attached hydrogens (tertiary/aromatic N) is 2. The van der Waals surface area contributed by atoms with Gasteiger partial charge in [-0.3, -0.25) is 0 Å². The molecule has 1 aromatic heterocycles. The molecule has 0 aliphatic heterocycles. The number of aromatic hydroxyl groups is 1. The number of hydrogen-bond acceptors (Lipinski definition) is 3. The molecule has 0 saturated carbocycles. The summed E-state index contributed by atoms with van der Waals surface area (Å²) in [6, 6.07) is 7.06. The van der Waals surface area contributed by atoms with Gasteiger partial charge < -0.3 is 14.4 Å². The summed E-state index contributed by atoms with van der Waals surface area (Å²) < 4.78 is 8.46.